The summed E-state index contributed by atoms with van der Waals surface area (Å²) in [6, 6.07) is 12.2. The van der Waals surface area contributed by atoms with Crippen LogP contribution in [0, 0.1) is 0 Å². The van der Waals surface area contributed by atoms with Gasteiger partial charge in [0.05, 0.1) is 5.56 Å². The minimum Gasteiger partial charge on any atom is -0.478 e. The van der Waals surface area contributed by atoms with Crippen molar-refractivity contribution in [3.05, 3.63) is 59.3 Å². The Labute approximate surface area is 146 Å². The first-order valence-electron chi connectivity index (χ1n) is 8.01. The fraction of sp³-hybridized carbons (Fsp3) is 0.316. The van der Waals surface area contributed by atoms with Crippen molar-refractivity contribution in [1.82, 2.24) is 4.98 Å². The summed E-state index contributed by atoms with van der Waals surface area (Å²) in [6.45, 7) is 5.39. The number of aromatic nitrogens is 1. The third-order valence-electron chi connectivity index (χ3n) is 3.31. The van der Waals surface area contributed by atoms with Gasteiger partial charge in [-0.05, 0) is 63.4 Å². The molecule has 0 unspecified atom stereocenters. The lowest BCUT2D eigenvalue weighted by Crippen LogP contribution is -2.27. The number of benzene rings is 1. The van der Waals surface area contributed by atoms with Crippen LogP contribution in [0.4, 0.5) is 10.6 Å². The summed E-state index contributed by atoms with van der Waals surface area (Å²) in [4.78, 5) is 27.0. The Morgan fingerprint density at radius 2 is 1.76 bits per heavy atom. The SMILES string of the molecule is CC(C)(C)OC(=O)Nc1cccc(CCc2ccc(C(=O)O)cc2)n1. The number of carboxylic acids is 1. The molecule has 6 nitrogen and oxygen atoms in total. The topological polar surface area (TPSA) is 88.5 Å². The minimum absolute atomic E-state index is 0.269. The van der Waals surface area contributed by atoms with Gasteiger partial charge < -0.3 is 9.84 Å². The fourth-order valence-electron chi connectivity index (χ4n) is 2.18. The molecule has 6 heteroatoms. The van der Waals surface area contributed by atoms with E-state index in [1.165, 1.54) is 0 Å². The van der Waals surface area contributed by atoms with Gasteiger partial charge >= 0.3 is 12.1 Å². The summed E-state index contributed by atoms with van der Waals surface area (Å²) in [6.07, 6.45) is 0.861. The molecule has 2 rings (SSSR count). The van der Waals surface area contributed by atoms with Gasteiger partial charge in [-0.2, -0.15) is 0 Å². The van der Waals surface area contributed by atoms with Crippen LogP contribution in [-0.4, -0.2) is 27.8 Å². The smallest absolute Gasteiger partial charge is 0.413 e. The average Bonchev–Trinajstić information content (AvgIpc) is 2.52. The molecule has 2 aromatic rings. The Balaban J connectivity index is 1.94. The number of amides is 1. The molecule has 1 amide bonds. The number of ether oxygens (including phenoxy) is 1. The molecule has 2 N–H and O–H groups in total. The van der Waals surface area contributed by atoms with Crippen LogP contribution in [0.15, 0.2) is 42.5 Å². The molecule has 0 aliphatic heterocycles. The number of carbonyl (C=O) groups excluding carboxylic acids is 1. The molecular weight excluding hydrogens is 320 g/mol. The van der Waals surface area contributed by atoms with Crippen LogP contribution in [0.2, 0.25) is 0 Å². The van der Waals surface area contributed by atoms with Crippen molar-refractivity contribution in [3.63, 3.8) is 0 Å². The normalized spacial score (nSPS) is 11.0. The maximum absolute atomic E-state index is 11.8. The molecule has 132 valence electrons. The summed E-state index contributed by atoms with van der Waals surface area (Å²) in [5.41, 5.74) is 1.56. The van der Waals surface area contributed by atoms with E-state index in [4.69, 9.17) is 9.84 Å². The van der Waals surface area contributed by atoms with Gasteiger partial charge in [0.15, 0.2) is 0 Å². The molecule has 1 heterocycles. The number of nitrogens with one attached hydrogen (secondary N) is 1. The van der Waals surface area contributed by atoms with E-state index in [0.29, 0.717) is 12.2 Å². The van der Waals surface area contributed by atoms with Crippen molar-refractivity contribution in [1.29, 1.82) is 0 Å². The van der Waals surface area contributed by atoms with E-state index < -0.39 is 17.7 Å². The summed E-state index contributed by atoms with van der Waals surface area (Å²) in [7, 11) is 0. The van der Waals surface area contributed by atoms with E-state index in [-0.39, 0.29) is 5.56 Å². The second-order valence-electron chi connectivity index (χ2n) is 6.64. The molecule has 0 atom stereocenters. The lowest BCUT2D eigenvalue weighted by Gasteiger charge is -2.19. The summed E-state index contributed by atoms with van der Waals surface area (Å²) < 4.78 is 5.20. The van der Waals surface area contributed by atoms with Gasteiger partial charge in [-0.3, -0.25) is 5.32 Å². The maximum atomic E-state index is 11.8. The first-order chi connectivity index (χ1) is 11.7. The van der Waals surface area contributed by atoms with Gasteiger partial charge in [-0.15, -0.1) is 0 Å². The summed E-state index contributed by atoms with van der Waals surface area (Å²) in [5.74, 6) is -0.498. The monoisotopic (exact) mass is 342 g/mol. The van der Waals surface area contributed by atoms with Crippen LogP contribution < -0.4 is 5.32 Å². The van der Waals surface area contributed by atoms with Crippen molar-refractivity contribution < 1.29 is 19.4 Å². The van der Waals surface area contributed by atoms with Crippen LogP contribution in [-0.2, 0) is 17.6 Å². The van der Waals surface area contributed by atoms with Gasteiger partial charge in [-0.25, -0.2) is 14.6 Å². The van der Waals surface area contributed by atoms with Crippen LogP contribution in [0.25, 0.3) is 0 Å². The van der Waals surface area contributed by atoms with Gasteiger partial charge in [0.2, 0.25) is 0 Å². The molecule has 1 aromatic heterocycles. The van der Waals surface area contributed by atoms with Gasteiger partial charge in [0.1, 0.15) is 11.4 Å². The number of hydrogen-bond donors (Lipinski definition) is 2. The van der Waals surface area contributed by atoms with Crippen molar-refractivity contribution in [2.75, 3.05) is 5.32 Å². The molecule has 25 heavy (non-hydrogen) atoms. The Morgan fingerprint density at radius 1 is 1.08 bits per heavy atom. The number of pyridine rings is 1. The average molecular weight is 342 g/mol. The highest BCUT2D eigenvalue weighted by molar-refractivity contribution is 5.87. The zero-order valence-corrected chi connectivity index (χ0v) is 14.6. The van der Waals surface area contributed by atoms with Gasteiger partial charge in [0, 0.05) is 5.69 Å². The van der Waals surface area contributed by atoms with Crippen LogP contribution >= 0.6 is 0 Å². The van der Waals surface area contributed by atoms with Gasteiger partial charge in [0.25, 0.3) is 0 Å². The molecule has 0 saturated carbocycles. The molecule has 1 aromatic carbocycles. The van der Waals surface area contributed by atoms with E-state index in [9.17, 15) is 9.59 Å². The number of aryl methyl sites for hydroxylation is 2. The fourth-order valence-corrected chi connectivity index (χ4v) is 2.18. The Hall–Kier alpha value is -2.89. The van der Waals surface area contributed by atoms with Crippen LogP contribution in [0.1, 0.15) is 42.4 Å². The van der Waals surface area contributed by atoms with Crippen LogP contribution in [0.3, 0.4) is 0 Å². The molecule has 0 aliphatic carbocycles. The third kappa shape index (κ3) is 6.25. The molecule has 0 radical (unpaired) electrons. The van der Waals surface area contributed by atoms with E-state index >= 15 is 0 Å². The van der Waals surface area contributed by atoms with Crippen molar-refractivity contribution in [2.24, 2.45) is 0 Å². The molecule has 0 spiro atoms. The van der Waals surface area contributed by atoms with Crippen LogP contribution in [0.5, 0.6) is 0 Å². The quantitative estimate of drug-likeness (QED) is 0.860. The number of rotatable bonds is 5. The first-order valence-corrected chi connectivity index (χ1v) is 8.01. The Kier molecular flexibility index (Phi) is 5.75. The minimum atomic E-state index is -0.936. The molecule has 0 fully saturated rings. The Bertz CT molecular complexity index is 749. The lowest BCUT2D eigenvalue weighted by molar-refractivity contribution is 0.0633. The highest BCUT2D eigenvalue weighted by atomic mass is 16.6. The molecule has 0 saturated heterocycles. The zero-order valence-electron chi connectivity index (χ0n) is 14.6. The number of hydrogen-bond acceptors (Lipinski definition) is 4. The maximum Gasteiger partial charge on any atom is 0.413 e. The standard InChI is InChI=1S/C19H22N2O4/c1-19(2,3)25-18(24)21-16-6-4-5-15(20-16)12-9-13-7-10-14(11-8-13)17(22)23/h4-8,10-11H,9,12H2,1-3H3,(H,22,23)(H,20,21,24). The molecular formula is C19H22N2O4. The zero-order chi connectivity index (χ0) is 18.4. The molecule has 0 aliphatic rings. The van der Waals surface area contributed by atoms with Crippen molar-refractivity contribution in [2.45, 2.75) is 39.2 Å². The van der Waals surface area contributed by atoms with E-state index in [1.807, 2.05) is 12.1 Å². The van der Waals surface area contributed by atoms with E-state index in [2.05, 4.69) is 10.3 Å². The second-order valence-corrected chi connectivity index (χ2v) is 6.64. The number of carbonyl (C=O) groups is 2. The van der Waals surface area contributed by atoms with E-state index in [0.717, 1.165) is 17.7 Å². The lowest BCUT2D eigenvalue weighted by atomic mass is 10.1. The third-order valence-corrected chi connectivity index (χ3v) is 3.31. The second kappa shape index (κ2) is 7.79. The largest absolute Gasteiger partial charge is 0.478 e. The summed E-state index contributed by atoms with van der Waals surface area (Å²) >= 11 is 0. The first kappa shape index (κ1) is 18.4. The Morgan fingerprint density at radius 3 is 2.36 bits per heavy atom. The highest BCUT2D eigenvalue weighted by Crippen LogP contribution is 2.12. The van der Waals surface area contributed by atoms with Gasteiger partial charge in [-0.1, -0.05) is 18.2 Å². The van der Waals surface area contributed by atoms with Crippen molar-refractivity contribution >= 4 is 17.9 Å². The predicted molar refractivity (Wildman–Crippen MR) is 94.9 cm³/mol. The summed E-state index contributed by atoms with van der Waals surface area (Å²) in [5, 5.41) is 11.5. The molecule has 0 bridgehead atoms. The number of anilines is 1. The van der Waals surface area contributed by atoms with E-state index in [1.54, 1.807) is 51.1 Å². The predicted octanol–water partition coefficient (Wildman–Crippen LogP) is 3.91. The number of nitrogens with zero attached hydrogens (tertiary/aromatic N) is 1. The number of carboxylic acid groups (broad SMARTS) is 1. The van der Waals surface area contributed by atoms with Crippen molar-refractivity contribution in [3.8, 4) is 0 Å². The highest BCUT2D eigenvalue weighted by Gasteiger charge is 2.16. The number of aromatic carboxylic acids is 1.